The molecule has 2 rings (SSSR count). The summed E-state index contributed by atoms with van der Waals surface area (Å²) in [5.74, 6) is 0.210. The largest absolute Gasteiger partial charge is 0.341 e. The van der Waals surface area contributed by atoms with Crippen molar-refractivity contribution in [3.63, 3.8) is 0 Å². The molecule has 1 aliphatic heterocycles. The molecule has 1 fully saturated rings. The SMILES string of the molecule is CN1CCCC(N(C)C(=O)CCC(N)c2ccccc2)C1. The van der Waals surface area contributed by atoms with E-state index in [1.807, 2.05) is 42.3 Å². The normalized spacial score (nSPS) is 21.0. The van der Waals surface area contributed by atoms with E-state index in [1.165, 1.54) is 6.42 Å². The monoisotopic (exact) mass is 289 g/mol. The molecular weight excluding hydrogens is 262 g/mol. The molecule has 116 valence electrons. The quantitative estimate of drug-likeness (QED) is 0.902. The third kappa shape index (κ3) is 4.55. The van der Waals surface area contributed by atoms with Gasteiger partial charge >= 0.3 is 0 Å². The van der Waals surface area contributed by atoms with Crippen LogP contribution in [-0.4, -0.2) is 48.9 Å². The Morgan fingerprint density at radius 2 is 2.14 bits per heavy atom. The molecule has 0 aliphatic carbocycles. The van der Waals surface area contributed by atoms with E-state index in [4.69, 9.17) is 5.73 Å². The average Bonchev–Trinajstić information content (AvgIpc) is 2.52. The van der Waals surface area contributed by atoms with Gasteiger partial charge in [0.25, 0.3) is 0 Å². The van der Waals surface area contributed by atoms with Gasteiger partial charge in [0.15, 0.2) is 0 Å². The molecule has 1 aromatic carbocycles. The zero-order chi connectivity index (χ0) is 15.2. The number of carbonyl (C=O) groups excluding carboxylic acids is 1. The van der Waals surface area contributed by atoms with Crippen LogP contribution in [0, 0.1) is 0 Å². The van der Waals surface area contributed by atoms with Crippen LogP contribution in [0.4, 0.5) is 0 Å². The minimum Gasteiger partial charge on any atom is -0.341 e. The van der Waals surface area contributed by atoms with Crippen molar-refractivity contribution in [2.24, 2.45) is 5.73 Å². The van der Waals surface area contributed by atoms with Gasteiger partial charge in [0.05, 0.1) is 0 Å². The van der Waals surface area contributed by atoms with E-state index < -0.39 is 0 Å². The van der Waals surface area contributed by atoms with Crippen molar-refractivity contribution in [2.75, 3.05) is 27.2 Å². The second kappa shape index (κ2) is 7.57. The lowest BCUT2D eigenvalue weighted by atomic mass is 10.0. The Bertz CT molecular complexity index is 449. The van der Waals surface area contributed by atoms with Crippen LogP contribution in [0.25, 0.3) is 0 Å². The molecule has 2 atom stereocenters. The number of hydrogen-bond donors (Lipinski definition) is 1. The van der Waals surface area contributed by atoms with E-state index in [1.54, 1.807) is 0 Å². The first-order valence-corrected chi connectivity index (χ1v) is 7.82. The number of carbonyl (C=O) groups is 1. The van der Waals surface area contributed by atoms with Crippen LogP contribution < -0.4 is 5.73 Å². The molecule has 1 amide bonds. The summed E-state index contributed by atoms with van der Waals surface area (Å²) in [6.45, 7) is 2.12. The Hall–Kier alpha value is -1.39. The van der Waals surface area contributed by atoms with Gasteiger partial charge in [0.2, 0.25) is 5.91 Å². The minimum absolute atomic E-state index is 0.0578. The molecule has 1 saturated heterocycles. The molecule has 0 aromatic heterocycles. The first-order valence-electron chi connectivity index (χ1n) is 7.82. The van der Waals surface area contributed by atoms with Gasteiger partial charge < -0.3 is 15.5 Å². The Balaban J connectivity index is 1.81. The van der Waals surface area contributed by atoms with E-state index in [-0.39, 0.29) is 11.9 Å². The van der Waals surface area contributed by atoms with Gasteiger partial charge in [0.1, 0.15) is 0 Å². The third-order valence-corrected chi connectivity index (χ3v) is 4.44. The van der Waals surface area contributed by atoms with E-state index in [9.17, 15) is 4.79 Å². The van der Waals surface area contributed by atoms with Crippen LogP contribution in [0.3, 0.4) is 0 Å². The summed E-state index contributed by atoms with van der Waals surface area (Å²) in [5.41, 5.74) is 7.27. The molecular formula is C17H27N3O. The van der Waals surface area contributed by atoms with Crippen molar-refractivity contribution in [1.82, 2.24) is 9.80 Å². The fourth-order valence-corrected chi connectivity index (χ4v) is 2.98. The number of amides is 1. The van der Waals surface area contributed by atoms with Crippen molar-refractivity contribution < 1.29 is 4.79 Å². The standard InChI is InChI=1S/C17H27N3O/c1-19-12-6-9-15(13-19)20(2)17(21)11-10-16(18)14-7-4-3-5-8-14/h3-5,7-8,15-16H,6,9-13,18H2,1-2H3. The highest BCUT2D eigenvalue weighted by atomic mass is 16.2. The lowest BCUT2D eigenvalue weighted by Crippen LogP contribution is -2.47. The zero-order valence-corrected chi connectivity index (χ0v) is 13.2. The summed E-state index contributed by atoms with van der Waals surface area (Å²) in [5, 5.41) is 0. The molecule has 1 aromatic rings. The van der Waals surface area contributed by atoms with Crippen LogP contribution in [0.2, 0.25) is 0 Å². The average molecular weight is 289 g/mol. The summed E-state index contributed by atoms with van der Waals surface area (Å²) in [6, 6.07) is 10.3. The molecule has 2 N–H and O–H groups in total. The lowest BCUT2D eigenvalue weighted by Gasteiger charge is -2.36. The lowest BCUT2D eigenvalue weighted by molar-refractivity contribution is -0.133. The third-order valence-electron chi connectivity index (χ3n) is 4.44. The molecule has 0 bridgehead atoms. The fraction of sp³-hybridized carbons (Fsp3) is 0.588. The first-order chi connectivity index (χ1) is 10.1. The summed E-state index contributed by atoms with van der Waals surface area (Å²) < 4.78 is 0. The van der Waals surface area contributed by atoms with Gasteiger partial charge in [-0.3, -0.25) is 4.79 Å². The summed E-state index contributed by atoms with van der Waals surface area (Å²) in [4.78, 5) is 16.6. The highest BCUT2D eigenvalue weighted by Gasteiger charge is 2.24. The van der Waals surface area contributed by atoms with E-state index in [2.05, 4.69) is 11.9 Å². The molecule has 1 aliphatic rings. The topological polar surface area (TPSA) is 49.6 Å². The van der Waals surface area contributed by atoms with Crippen LogP contribution in [0.5, 0.6) is 0 Å². The van der Waals surface area contributed by atoms with Crippen molar-refractivity contribution in [2.45, 2.75) is 37.8 Å². The Morgan fingerprint density at radius 1 is 1.43 bits per heavy atom. The second-order valence-corrected chi connectivity index (χ2v) is 6.12. The summed E-state index contributed by atoms with van der Waals surface area (Å²) in [7, 11) is 4.05. The summed E-state index contributed by atoms with van der Waals surface area (Å²) >= 11 is 0. The first kappa shape index (κ1) is 16.0. The van der Waals surface area contributed by atoms with Crippen molar-refractivity contribution in [1.29, 1.82) is 0 Å². The van der Waals surface area contributed by atoms with Crippen molar-refractivity contribution >= 4 is 5.91 Å². The molecule has 2 unspecified atom stereocenters. The molecule has 4 heteroatoms. The number of likely N-dealkylation sites (tertiary alicyclic amines) is 1. The molecule has 21 heavy (non-hydrogen) atoms. The van der Waals surface area contributed by atoms with E-state index >= 15 is 0 Å². The van der Waals surface area contributed by atoms with Crippen molar-refractivity contribution in [3.05, 3.63) is 35.9 Å². The fourth-order valence-electron chi connectivity index (χ4n) is 2.98. The van der Waals surface area contributed by atoms with Gasteiger partial charge in [-0.1, -0.05) is 30.3 Å². The molecule has 1 heterocycles. The van der Waals surface area contributed by atoms with E-state index in [0.29, 0.717) is 18.9 Å². The molecule has 0 saturated carbocycles. The predicted octanol–water partition coefficient (Wildman–Crippen LogP) is 2.02. The number of piperidine rings is 1. The predicted molar refractivity (Wildman–Crippen MR) is 85.9 cm³/mol. The maximum atomic E-state index is 12.3. The highest BCUT2D eigenvalue weighted by molar-refractivity contribution is 5.76. The van der Waals surface area contributed by atoms with Crippen LogP contribution in [-0.2, 0) is 4.79 Å². The van der Waals surface area contributed by atoms with Gasteiger partial charge in [-0.15, -0.1) is 0 Å². The number of hydrogen-bond acceptors (Lipinski definition) is 3. The van der Waals surface area contributed by atoms with Crippen molar-refractivity contribution in [3.8, 4) is 0 Å². The van der Waals surface area contributed by atoms with Gasteiger partial charge in [-0.25, -0.2) is 0 Å². The highest BCUT2D eigenvalue weighted by Crippen LogP contribution is 2.18. The number of nitrogens with zero attached hydrogens (tertiary/aromatic N) is 2. The van der Waals surface area contributed by atoms with Crippen LogP contribution in [0.15, 0.2) is 30.3 Å². The molecule has 0 spiro atoms. The minimum atomic E-state index is -0.0578. The van der Waals surface area contributed by atoms with Crippen LogP contribution >= 0.6 is 0 Å². The maximum Gasteiger partial charge on any atom is 0.222 e. The summed E-state index contributed by atoms with van der Waals surface area (Å²) in [6.07, 6.45) is 3.50. The van der Waals surface area contributed by atoms with Gasteiger partial charge in [0, 0.05) is 32.1 Å². The Kier molecular flexibility index (Phi) is 5.76. The van der Waals surface area contributed by atoms with Gasteiger partial charge in [-0.05, 0) is 38.4 Å². The number of likely N-dealkylation sites (N-methyl/N-ethyl adjacent to an activating group) is 2. The zero-order valence-electron chi connectivity index (χ0n) is 13.2. The van der Waals surface area contributed by atoms with E-state index in [0.717, 1.165) is 25.1 Å². The molecule has 4 nitrogen and oxygen atoms in total. The Morgan fingerprint density at radius 3 is 2.81 bits per heavy atom. The van der Waals surface area contributed by atoms with Gasteiger partial charge in [-0.2, -0.15) is 0 Å². The number of benzene rings is 1. The van der Waals surface area contributed by atoms with Crippen LogP contribution in [0.1, 0.15) is 37.3 Å². The molecule has 0 radical (unpaired) electrons. The number of rotatable bonds is 5. The Labute approximate surface area is 127 Å². The number of nitrogens with two attached hydrogens (primary N) is 1. The second-order valence-electron chi connectivity index (χ2n) is 6.12. The maximum absolute atomic E-state index is 12.3. The smallest absolute Gasteiger partial charge is 0.222 e.